The van der Waals surface area contributed by atoms with Crippen molar-refractivity contribution in [3.05, 3.63) is 47.3 Å². The molecule has 0 bridgehead atoms. The first-order chi connectivity index (χ1) is 12.8. The lowest BCUT2D eigenvalue weighted by molar-refractivity contribution is 0.0949. The highest BCUT2D eigenvalue weighted by Crippen LogP contribution is 2.26. The van der Waals surface area contributed by atoms with E-state index < -0.39 is 9.84 Å². The van der Waals surface area contributed by atoms with Crippen molar-refractivity contribution in [2.45, 2.75) is 38.8 Å². The van der Waals surface area contributed by atoms with E-state index in [0.717, 1.165) is 5.56 Å². The van der Waals surface area contributed by atoms with Gasteiger partial charge in [-0.3, -0.25) is 9.48 Å². The molecular formula is C19H25N3O4S. The maximum atomic E-state index is 12.8. The van der Waals surface area contributed by atoms with Gasteiger partial charge in [0.25, 0.3) is 5.91 Å². The van der Waals surface area contributed by atoms with Crippen LogP contribution in [0, 0.1) is 0 Å². The number of ether oxygens (including phenoxy) is 1. The molecule has 27 heavy (non-hydrogen) atoms. The van der Waals surface area contributed by atoms with E-state index in [1.54, 1.807) is 18.0 Å². The number of hydrogen-bond acceptors (Lipinski definition) is 5. The Balaban J connectivity index is 1.79. The predicted molar refractivity (Wildman–Crippen MR) is 103 cm³/mol. The highest BCUT2D eigenvalue weighted by molar-refractivity contribution is 7.91. The molecule has 1 saturated heterocycles. The van der Waals surface area contributed by atoms with Crippen LogP contribution in [-0.4, -0.2) is 42.7 Å². The Kier molecular flexibility index (Phi) is 5.55. The number of para-hydroxylation sites is 1. The molecule has 0 radical (unpaired) electrons. The van der Waals surface area contributed by atoms with Gasteiger partial charge in [0.05, 0.1) is 35.9 Å². The van der Waals surface area contributed by atoms with Gasteiger partial charge in [0.1, 0.15) is 5.75 Å². The Morgan fingerprint density at radius 1 is 1.37 bits per heavy atom. The van der Waals surface area contributed by atoms with E-state index in [1.165, 1.54) is 0 Å². The van der Waals surface area contributed by atoms with Crippen molar-refractivity contribution in [2.24, 2.45) is 0 Å². The molecule has 0 unspecified atom stereocenters. The molecule has 2 aromatic rings. The number of rotatable bonds is 6. The van der Waals surface area contributed by atoms with Crippen LogP contribution < -0.4 is 10.1 Å². The number of carbonyl (C=O) groups excluding carboxylic acids is 1. The van der Waals surface area contributed by atoms with Crippen LogP contribution in [0.1, 0.15) is 53.8 Å². The smallest absolute Gasteiger partial charge is 0.255 e. The number of nitrogens with zero attached hydrogens (tertiary/aromatic N) is 2. The predicted octanol–water partition coefficient (Wildman–Crippen LogP) is 2.30. The molecular weight excluding hydrogens is 366 g/mol. The SMILES string of the molecule is COc1ccccc1CNC(=O)c1cn([C@@H]2CCS(=O)(=O)C2)nc1C(C)C. The normalized spacial score (nSPS) is 18.6. The fraction of sp³-hybridized carbons (Fsp3) is 0.474. The van der Waals surface area contributed by atoms with Crippen molar-refractivity contribution in [3.63, 3.8) is 0 Å². The average Bonchev–Trinajstić information content (AvgIpc) is 3.23. The highest BCUT2D eigenvalue weighted by Gasteiger charge is 2.31. The average molecular weight is 391 g/mol. The molecule has 0 aliphatic carbocycles. The van der Waals surface area contributed by atoms with E-state index in [2.05, 4.69) is 10.4 Å². The molecule has 1 amide bonds. The Hall–Kier alpha value is -2.35. The minimum atomic E-state index is -3.02. The fourth-order valence-corrected chi connectivity index (χ4v) is 5.00. The Bertz CT molecular complexity index is 934. The third kappa shape index (κ3) is 4.32. The molecule has 7 nitrogen and oxygen atoms in total. The summed E-state index contributed by atoms with van der Waals surface area (Å²) in [5.74, 6) is 0.792. The Morgan fingerprint density at radius 2 is 2.11 bits per heavy atom. The highest BCUT2D eigenvalue weighted by atomic mass is 32.2. The first kappa shape index (κ1) is 19.4. The van der Waals surface area contributed by atoms with Crippen molar-refractivity contribution in [1.82, 2.24) is 15.1 Å². The largest absolute Gasteiger partial charge is 0.496 e. The zero-order valence-electron chi connectivity index (χ0n) is 15.8. The minimum absolute atomic E-state index is 0.0521. The first-order valence-corrected chi connectivity index (χ1v) is 10.8. The van der Waals surface area contributed by atoms with Gasteiger partial charge in [0.15, 0.2) is 9.84 Å². The van der Waals surface area contributed by atoms with E-state index >= 15 is 0 Å². The molecule has 2 heterocycles. The van der Waals surface area contributed by atoms with Crippen molar-refractivity contribution >= 4 is 15.7 Å². The first-order valence-electron chi connectivity index (χ1n) is 9.00. The number of nitrogens with one attached hydrogen (secondary N) is 1. The number of hydrogen-bond donors (Lipinski definition) is 1. The molecule has 1 aliphatic heterocycles. The Morgan fingerprint density at radius 3 is 2.74 bits per heavy atom. The zero-order chi connectivity index (χ0) is 19.6. The molecule has 1 atom stereocenters. The van der Waals surface area contributed by atoms with Crippen molar-refractivity contribution in [3.8, 4) is 5.75 Å². The zero-order valence-corrected chi connectivity index (χ0v) is 16.6. The molecule has 1 aliphatic rings. The van der Waals surface area contributed by atoms with Gasteiger partial charge in [0.2, 0.25) is 0 Å². The summed E-state index contributed by atoms with van der Waals surface area (Å²) in [6.07, 6.45) is 2.21. The standard InChI is InChI=1S/C19H25N3O4S/c1-13(2)18-16(11-22(21-18)15-8-9-27(24,25)12-15)19(23)20-10-14-6-4-5-7-17(14)26-3/h4-7,11,13,15H,8-10,12H2,1-3H3,(H,20,23)/t15-/m1/s1. The quantitative estimate of drug-likeness (QED) is 0.816. The maximum Gasteiger partial charge on any atom is 0.255 e. The van der Waals surface area contributed by atoms with Gasteiger partial charge >= 0.3 is 0 Å². The second-order valence-corrected chi connectivity index (χ2v) is 9.34. The monoisotopic (exact) mass is 391 g/mol. The molecule has 1 aromatic heterocycles. The molecule has 1 aromatic carbocycles. The lowest BCUT2D eigenvalue weighted by atomic mass is 10.1. The van der Waals surface area contributed by atoms with Gasteiger partial charge in [-0.2, -0.15) is 5.10 Å². The fourth-order valence-electron chi connectivity index (χ4n) is 3.30. The van der Waals surface area contributed by atoms with Gasteiger partial charge in [0, 0.05) is 18.3 Å². The topological polar surface area (TPSA) is 90.3 Å². The van der Waals surface area contributed by atoms with E-state index in [0.29, 0.717) is 30.0 Å². The van der Waals surface area contributed by atoms with Crippen molar-refractivity contribution < 1.29 is 17.9 Å². The van der Waals surface area contributed by atoms with Gasteiger partial charge in [-0.15, -0.1) is 0 Å². The number of methoxy groups -OCH3 is 1. The van der Waals surface area contributed by atoms with Crippen molar-refractivity contribution in [1.29, 1.82) is 0 Å². The summed E-state index contributed by atoms with van der Waals surface area (Å²) >= 11 is 0. The van der Waals surface area contributed by atoms with Crippen LogP contribution in [0.25, 0.3) is 0 Å². The summed E-state index contributed by atoms with van der Waals surface area (Å²) in [7, 11) is -1.42. The third-order valence-electron chi connectivity index (χ3n) is 4.77. The van der Waals surface area contributed by atoms with Gasteiger partial charge in [-0.1, -0.05) is 32.0 Å². The maximum absolute atomic E-state index is 12.8. The molecule has 0 saturated carbocycles. The molecule has 1 N–H and O–H groups in total. The van der Waals surface area contributed by atoms with E-state index in [-0.39, 0.29) is 29.4 Å². The van der Waals surface area contributed by atoms with Gasteiger partial charge < -0.3 is 10.1 Å². The van der Waals surface area contributed by atoms with Crippen LogP contribution in [0.2, 0.25) is 0 Å². The summed E-state index contributed by atoms with van der Waals surface area (Å²) in [6.45, 7) is 4.27. The summed E-state index contributed by atoms with van der Waals surface area (Å²) < 4.78 is 30.5. The van der Waals surface area contributed by atoms with Crippen LogP contribution in [0.5, 0.6) is 5.75 Å². The van der Waals surface area contributed by atoms with Gasteiger partial charge in [-0.25, -0.2) is 8.42 Å². The molecule has 146 valence electrons. The van der Waals surface area contributed by atoms with Crippen LogP contribution in [0.4, 0.5) is 0 Å². The van der Waals surface area contributed by atoms with Crippen LogP contribution in [0.3, 0.4) is 0 Å². The Labute approximate surface area is 159 Å². The lowest BCUT2D eigenvalue weighted by Crippen LogP contribution is -2.24. The lowest BCUT2D eigenvalue weighted by Gasteiger charge is -2.10. The van der Waals surface area contributed by atoms with Gasteiger partial charge in [-0.05, 0) is 18.4 Å². The summed E-state index contributed by atoms with van der Waals surface area (Å²) in [5.41, 5.74) is 2.05. The molecule has 3 rings (SSSR count). The van der Waals surface area contributed by atoms with Crippen LogP contribution in [-0.2, 0) is 16.4 Å². The van der Waals surface area contributed by atoms with Crippen LogP contribution in [0.15, 0.2) is 30.5 Å². The van der Waals surface area contributed by atoms with Crippen LogP contribution >= 0.6 is 0 Å². The number of aromatic nitrogens is 2. The molecule has 8 heteroatoms. The van der Waals surface area contributed by atoms with E-state index in [9.17, 15) is 13.2 Å². The number of benzene rings is 1. The summed E-state index contributed by atoms with van der Waals surface area (Å²) in [4.78, 5) is 12.8. The number of amides is 1. The molecule has 0 spiro atoms. The number of sulfone groups is 1. The molecule has 1 fully saturated rings. The summed E-state index contributed by atoms with van der Waals surface area (Å²) in [5, 5.41) is 7.45. The number of carbonyl (C=O) groups is 1. The van der Waals surface area contributed by atoms with E-state index in [4.69, 9.17) is 4.74 Å². The minimum Gasteiger partial charge on any atom is -0.496 e. The third-order valence-corrected chi connectivity index (χ3v) is 6.52. The second kappa shape index (κ2) is 7.72. The summed E-state index contributed by atoms with van der Waals surface area (Å²) in [6, 6.07) is 7.31. The van der Waals surface area contributed by atoms with E-state index in [1.807, 2.05) is 38.1 Å². The van der Waals surface area contributed by atoms with Crippen molar-refractivity contribution in [2.75, 3.05) is 18.6 Å². The second-order valence-electron chi connectivity index (χ2n) is 7.11.